The molecule has 0 saturated heterocycles. The second-order valence-electron chi connectivity index (χ2n) is 8.46. The van der Waals surface area contributed by atoms with Gasteiger partial charge < -0.3 is 30.3 Å². The van der Waals surface area contributed by atoms with Gasteiger partial charge in [0.25, 0.3) is 5.91 Å². The molecule has 0 spiro atoms. The molecule has 0 atom stereocenters. The number of fused-ring (bicyclic) bond motifs is 2. The number of carbonyl (C=O) groups is 2. The maximum atomic E-state index is 12.8. The number of methoxy groups -OCH3 is 1. The van der Waals surface area contributed by atoms with Crippen LogP contribution in [0.15, 0.2) is 30.7 Å². The molecule has 0 fully saturated rings. The van der Waals surface area contributed by atoms with Crippen molar-refractivity contribution in [3.63, 3.8) is 0 Å². The van der Waals surface area contributed by atoms with E-state index < -0.39 is 0 Å². The number of nitrogens with one attached hydrogen (secondary N) is 3. The molecule has 192 valence electrons. The fraction of sp³-hybridized carbons (Fsp3) is 0.417. The number of anilines is 3. The minimum atomic E-state index is -0.279. The Kier molecular flexibility index (Phi) is 8.57. The Hall–Kier alpha value is -3.41. The van der Waals surface area contributed by atoms with Gasteiger partial charge >= 0.3 is 0 Å². The summed E-state index contributed by atoms with van der Waals surface area (Å²) in [5.41, 5.74) is 1.70. The van der Waals surface area contributed by atoms with Gasteiger partial charge in [0, 0.05) is 58.3 Å². The van der Waals surface area contributed by atoms with Crippen molar-refractivity contribution in [2.45, 2.75) is 6.42 Å². The van der Waals surface area contributed by atoms with E-state index in [-0.39, 0.29) is 18.4 Å². The number of hydrogen-bond donors (Lipinski definition) is 3. The van der Waals surface area contributed by atoms with Crippen molar-refractivity contribution < 1.29 is 19.1 Å². The molecule has 0 radical (unpaired) electrons. The molecule has 2 aromatic rings. The minimum absolute atomic E-state index is 0.0104. The summed E-state index contributed by atoms with van der Waals surface area (Å²) in [6.45, 7) is 3.36. The lowest BCUT2D eigenvalue weighted by atomic mass is 10.1. The van der Waals surface area contributed by atoms with Crippen molar-refractivity contribution in [1.82, 2.24) is 19.8 Å². The van der Waals surface area contributed by atoms with E-state index in [1.54, 1.807) is 43.5 Å². The highest BCUT2D eigenvalue weighted by atomic mass is 35.5. The fourth-order valence-electron chi connectivity index (χ4n) is 3.89. The predicted molar refractivity (Wildman–Crippen MR) is 138 cm³/mol. The molecule has 11 nitrogen and oxygen atoms in total. The first-order chi connectivity index (χ1) is 17.5. The summed E-state index contributed by atoms with van der Waals surface area (Å²) in [6, 6.07) is 5.28. The van der Waals surface area contributed by atoms with E-state index in [4.69, 9.17) is 21.1 Å². The molecule has 2 amide bonds. The van der Waals surface area contributed by atoms with Crippen LogP contribution in [0.1, 0.15) is 12.0 Å². The average Bonchev–Trinajstić information content (AvgIpc) is 3.19. The van der Waals surface area contributed by atoms with Crippen LogP contribution >= 0.6 is 11.6 Å². The van der Waals surface area contributed by atoms with E-state index in [1.807, 2.05) is 4.90 Å². The van der Waals surface area contributed by atoms with Gasteiger partial charge in [-0.15, -0.1) is 0 Å². The smallest absolute Gasteiger partial charge is 0.259 e. The van der Waals surface area contributed by atoms with Crippen LogP contribution in [0.3, 0.4) is 0 Å². The molecule has 0 saturated carbocycles. The number of likely N-dealkylation sites (N-methyl/N-ethyl adjacent to an activating group) is 1. The summed E-state index contributed by atoms with van der Waals surface area (Å²) in [7, 11) is 3.42. The van der Waals surface area contributed by atoms with Crippen LogP contribution in [0.2, 0.25) is 5.02 Å². The molecule has 1 aromatic carbocycles. The second kappa shape index (κ2) is 12.0. The molecule has 2 aliphatic rings. The number of amides is 2. The van der Waals surface area contributed by atoms with Crippen molar-refractivity contribution in [3.8, 4) is 5.75 Å². The third kappa shape index (κ3) is 6.23. The predicted octanol–water partition coefficient (Wildman–Crippen LogP) is 2.14. The highest BCUT2D eigenvalue weighted by Gasteiger charge is 2.29. The maximum absolute atomic E-state index is 12.8. The minimum Gasteiger partial charge on any atom is -0.491 e. The molecule has 1 aromatic heterocycles. The molecule has 0 aliphatic carbocycles. The topological polar surface area (TPSA) is 121 Å². The number of benzene rings is 1. The Morgan fingerprint density at radius 2 is 2.03 bits per heavy atom. The average molecular weight is 516 g/mol. The monoisotopic (exact) mass is 515 g/mol. The van der Waals surface area contributed by atoms with E-state index in [9.17, 15) is 9.59 Å². The van der Waals surface area contributed by atoms with E-state index in [2.05, 4.69) is 25.9 Å². The number of ether oxygens (including phenoxy) is 2. The van der Waals surface area contributed by atoms with Gasteiger partial charge in [-0.1, -0.05) is 11.6 Å². The van der Waals surface area contributed by atoms with Crippen molar-refractivity contribution >= 4 is 46.3 Å². The number of halogens is 1. The molecule has 4 rings (SSSR count). The van der Waals surface area contributed by atoms with E-state index in [0.29, 0.717) is 85.0 Å². The van der Waals surface area contributed by atoms with Gasteiger partial charge in [0.15, 0.2) is 0 Å². The maximum Gasteiger partial charge on any atom is 0.259 e. The zero-order valence-corrected chi connectivity index (χ0v) is 21.1. The van der Waals surface area contributed by atoms with Crippen LogP contribution in [0.25, 0.3) is 5.57 Å². The van der Waals surface area contributed by atoms with Crippen molar-refractivity contribution in [1.29, 1.82) is 0 Å². The first kappa shape index (κ1) is 25.7. The van der Waals surface area contributed by atoms with Gasteiger partial charge in [0.2, 0.25) is 5.91 Å². The van der Waals surface area contributed by atoms with Gasteiger partial charge in [-0.3, -0.25) is 14.5 Å². The molecule has 3 N–H and O–H groups in total. The van der Waals surface area contributed by atoms with Crippen molar-refractivity contribution in [2.24, 2.45) is 0 Å². The van der Waals surface area contributed by atoms with Gasteiger partial charge in [-0.05, 0) is 18.6 Å². The molecular weight excluding hydrogens is 486 g/mol. The summed E-state index contributed by atoms with van der Waals surface area (Å²) in [5, 5.41) is 9.67. The SMILES string of the molecule is COCCN1CCOc2cc(ccc2Cl)N/C=C2\C(=O)Nc3ncnc(c32)NCCCN(C)C(=O)C1. The van der Waals surface area contributed by atoms with E-state index in [0.717, 1.165) is 0 Å². The zero-order valence-electron chi connectivity index (χ0n) is 20.3. The largest absolute Gasteiger partial charge is 0.491 e. The first-order valence-corrected chi connectivity index (χ1v) is 12.1. The third-order valence-corrected chi connectivity index (χ3v) is 6.24. The number of aromatic nitrogens is 2. The number of nitrogens with zero attached hydrogens (tertiary/aromatic N) is 4. The van der Waals surface area contributed by atoms with Crippen molar-refractivity contribution in [2.75, 3.05) is 76.0 Å². The van der Waals surface area contributed by atoms with Gasteiger partial charge in [-0.25, -0.2) is 9.97 Å². The van der Waals surface area contributed by atoms with Gasteiger partial charge in [0.05, 0.1) is 29.3 Å². The van der Waals surface area contributed by atoms with E-state index in [1.165, 1.54) is 6.33 Å². The van der Waals surface area contributed by atoms with Crippen molar-refractivity contribution in [3.05, 3.63) is 41.3 Å². The summed E-state index contributed by atoms with van der Waals surface area (Å²) in [5.74, 6) is 1.22. The number of rotatable bonds is 3. The molecule has 36 heavy (non-hydrogen) atoms. The Balaban J connectivity index is 1.61. The highest BCUT2D eigenvalue weighted by molar-refractivity contribution is 6.33. The standard InChI is InChI=1S/C24H30ClN7O4/c1-31-7-3-6-26-22-21-17(24(34)30-23(21)29-15-28-22)13-27-16-4-5-18(25)19(12-16)36-11-9-32(8-10-35-2)14-20(31)33/h4-5,12-13,15,27H,3,6-11,14H2,1-2H3,(H2,26,28,29,30,34)/b17-13-. The summed E-state index contributed by atoms with van der Waals surface area (Å²) >= 11 is 6.35. The molecule has 3 heterocycles. The fourth-order valence-corrected chi connectivity index (χ4v) is 4.06. The number of hydrogen-bond acceptors (Lipinski definition) is 9. The summed E-state index contributed by atoms with van der Waals surface area (Å²) in [6.07, 6.45) is 3.72. The second-order valence-corrected chi connectivity index (χ2v) is 8.87. The van der Waals surface area contributed by atoms with Crippen LogP contribution in [-0.4, -0.2) is 91.7 Å². The summed E-state index contributed by atoms with van der Waals surface area (Å²) < 4.78 is 11.2. The Labute approximate surface area is 214 Å². The van der Waals surface area contributed by atoms with Gasteiger partial charge in [0.1, 0.15) is 30.3 Å². The Morgan fingerprint density at radius 3 is 2.86 bits per heavy atom. The molecule has 0 unspecified atom stereocenters. The normalized spacial score (nSPS) is 18.9. The lowest BCUT2D eigenvalue weighted by Gasteiger charge is -2.25. The van der Waals surface area contributed by atoms with Crippen LogP contribution in [-0.2, 0) is 14.3 Å². The Morgan fingerprint density at radius 1 is 1.19 bits per heavy atom. The molecule has 2 aliphatic heterocycles. The quantitative estimate of drug-likeness (QED) is 0.564. The van der Waals surface area contributed by atoms with Crippen LogP contribution in [0.4, 0.5) is 17.3 Å². The Bertz CT molecular complexity index is 1140. The van der Waals surface area contributed by atoms with Crippen LogP contribution in [0, 0.1) is 0 Å². The van der Waals surface area contributed by atoms with Gasteiger partial charge in [-0.2, -0.15) is 0 Å². The molecule has 2 bridgehead atoms. The summed E-state index contributed by atoms with van der Waals surface area (Å²) in [4.78, 5) is 37.7. The number of carbonyl (C=O) groups excluding carboxylic acids is 2. The first-order valence-electron chi connectivity index (χ1n) is 11.7. The lowest BCUT2D eigenvalue weighted by Crippen LogP contribution is -2.42. The highest BCUT2D eigenvalue weighted by Crippen LogP contribution is 2.35. The lowest BCUT2D eigenvalue weighted by molar-refractivity contribution is -0.131. The van der Waals surface area contributed by atoms with E-state index >= 15 is 0 Å². The van der Waals surface area contributed by atoms with Crippen LogP contribution < -0.4 is 20.7 Å². The molecule has 12 heteroatoms. The molecular formula is C24H30ClN7O4. The van der Waals surface area contributed by atoms with Crippen LogP contribution in [0.5, 0.6) is 5.75 Å². The third-order valence-electron chi connectivity index (χ3n) is 5.93. The zero-order chi connectivity index (χ0) is 25.5.